The highest BCUT2D eigenvalue weighted by molar-refractivity contribution is 5.88. The van der Waals surface area contributed by atoms with E-state index in [1.165, 1.54) is 5.56 Å². The maximum Gasteiger partial charge on any atom is 0.247 e. The zero-order chi connectivity index (χ0) is 14.4. The van der Waals surface area contributed by atoms with Crippen LogP contribution in [0.2, 0.25) is 0 Å². The molecule has 1 saturated heterocycles. The molecule has 1 atom stereocenters. The summed E-state index contributed by atoms with van der Waals surface area (Å²) in [6.45, 7) is 2.76. The van der Waals surface area contributed by atoms with Gasteiger partial charge in [-0.15, -0.1) is 0 Å². The molecular weight excluding hydrogens is 250 g/mol. The summed E-state index contributed by atoms with van der Waals surface area (Å²) in [4.78, 5) is 14.2. The fourth-order valence-corrected chi connectivity index (χ4v) is 2.55. The number of methoxy groups -OCH3 is 1. The average Bonchev–Trinajstić information content (AvgIpc) is 2.97. The number of hydrogen-bond donors (Lipinski definition) is 0. The Labute approximate surface area is 120 Å². The number of ether oxygens (including phenoxy) is 1. The second-order valence-corrected chi connectivity index (χ2v) is 4.85. The Kier molecular flexibility index (Phi) is 4.99. The predicted octanol–water partition coefficient (Wildman–Crippen LogP) is 3.49. The molecule has 0 bridgehead atoms. The van der Waals surface area contributed by atoms with E-state index >= 15 is 0 Å². The van der Waals surface area contributed by atoms with E-state index in [0.717, 1.165) is 25.1 Å². The standard InChI is InChI=1S/C17H21NO2/c1-3-4-5-8-17(19)18-13-6-7-16(18)14-9-11-15(20-2)12-10-14/h3-5,8-12,16H,6-7,13H2,1-2H3/b4-3+,8-5+. The van der Waals surface area contributed by atoms with Crippen LogP contribution in [0.15, 0.2) is 48.6 Å². The summed E-state index contributed by atoms with van der Waals surface area (Å²) in [6, 6.07) is 8.18. The summed E-state index contributed by atoms with van der Waals surface area (Å²) in [5.74, 6) is 0.930. The number of amides is 1. The minimum atomic E-state index is 0.0846. The molecule has 0 spiro atoms. The maximum atomic E-state index is 12.2. The fraction of sp³-hybridized carbons (Fsp3) is 0.353. The summed E-state index contributed by atoms with van der Waals surface area (Å²) in [6.07, 6.45) is 9.30. The molecule has 3 nitrogen and oxygen atoms in total. The first-order valence-corrected chi connectivity index (χ1v) is 7.00. The van der Waals surface area contributed by atoms with Gasteiger partial charge in [-0.3, -0.25) is 4.79 Å². The number of benzene rings is 1. The number of nitrogens with zero attached hydrogens (tertiary/aromatic N) is 1. The van der Waals surface area contributed by atoms with E-state index < -0.39 is 0 Å². The summed E-state index contributed by atoms with van der Waals surface area (Å²) in [5.41, 5.74) is 1.18. The van der Waals surface area contributed by atoms with Crippen LogP contribution in [-0.2, 0) is 4.79 Å². The molecule has 0 radical (unpaired) electrons. The average molecular weight is 271 g/mol. The van der Waals surface area contributed by atoms with E-state index in [2.05, 4.69) is 0 Å². The van der Waals surface area contributed by atoms with Gasteiger partial charge in [0.25, 0.3) is 0 Å². The van der Waals surface area contributed by atoms with Gasteiger partial charge in [-0.25, -0.2) is 0 Å². The van der Waals surface area contributed by atoms with Crippen molar-refractivity contribution >= 4 is 5.91 Å². The zero-order valence-electron chi connectivity index (χ0n) is 12.1. The van der Waals surface area contributed by atoms with Crippen LogP contribution in [0.4, 0.5) is 0 Å². The Morgan fingerprint density at radius 1 is 1.30 bits per heavy atom. The van der Waals surface area contributed by atoms with Crippen molar-refractivity contribution in [3.8, 4) is 5.75 Å². The zero-order valence-corrected chi connectivity index (χ0v) is 12.1. The Hall–Kier alpha value is -2.03. The molecule has 0 N–H and O–H groups in total. The molecule has 20 heavy (non-hydrogen) atoms. The Morgan fingerprint density at radius 2 is 2.05 bits per heavy atom. The molecule has 1 fully saturated rings. The van der Waals surface area contributed by atoms with Crippen molar-refractivity contribution < 1.29 is 9.53 Å². The van der Waals surface area contributed by atoms with Crippen molar-refractivity contribution in [3.63, 3.8) is 0 Å². The first kappa shape index (κ1) is 14.4. The van der Waals surface area contributed by atoms with Gasteiger partial charge < -0.3 is 9.64 Å². The SMILES string of the molecule is C/C=C/C=C/C(=O)N1CCCC1c1ccc(OC)cc1. The van der Waals surface area contributed by atoms with Crippen LogP contribution < -0.4 is 4.74 Å². The van der Waals surface area contributed by atoms with Crippen LogP contribution in [0, 0.1) is 0 Å². The van der Waals surface area contributed by atoms with Gasteiger partial charge in [-0.1, -0.05) is 30.4 Å². The lowest BCUT2D eigenvalue weighted by Gasteiger charge is -2.24. The predicted molar refractivity (Wildman–Crippen MR) is 80.6 cm³/mol. The third kappa shape index (κ3) is 3.29. The molecule has 3 heteroatoms. The van der Waals surface area contributed by atoms with Crippen molar-refractivity contribution in [2.45, 2.75) is 25.8 Å². The minimum Gasteiger partial charge on any atom is -0.497 e. The molecule has 0 aliphatic carbocycles. The minimum absolute atomic E-state index is 0.0846. The van der Waals surface area contributed by atoms with Gasteiger partial charge in [0, 0.05) is 12.6 Å². The highest BCUT2D eigenvalue weighted by atomic mass is 16.5. The van der Waals surface area contributed by atoms with Gasteiger partial charge in [0.1, 0.15) is 5.75 Å². The maximum absolute atomic E-state index is 12.2. The van der Waals surface area contributed by atoms with Gasteiger partial charge in [-0.05, 0) is 37.5 Å². The molecule has 1 amide bonds. The molecule has 1 aliphatic heterocycles. The van der Waals surface area contributed by atoms with Crippen LogP contribution in [0.1, 0.15) is 31.4 Å². The Bertz CT molecular complexity index is 502. The third-order valence-electron chi connectivity index (χ3n) is 3.58. The molecular formula is C17H21NO2. The van der Waals surface area contributed by atoms with Crippen molar-refractivity contribution in [1.29, 1.82) is 0 Å². The number of carbonyl (C=O) groups is 1. The van der Waals surface area contributed by atoms with Crippen LogP contribution >= 0.6 is 0 Å². The van der Waals surface area contributed by atoms with Crippen molar-refractivity contribution in [3.05, 3.63) is 54.1 Å². The first-order valence-electron chi connectivity index (χ1n) is 7.00. The molecule has 0 aromatic heterocycles. The molecule has 1 aromatic carbocycles. The van der Waals surface area contributed by atoms with Gasteiger partial charge >= 0.3 is 0 Å². The summed E-state index contributed by atoms with van der Waals surface area (Å²) in [5, 5.41) is 0. The lowest BCUT2D eigenvalue weighted by Crippen LogP contribution is -2.28. The second-order valence-electron chi connectivity index (χ2n) is 4.85. The second kappa shape index (κ2) is 6.94. The smallest absolute Gasteiger partial charge is 0.247 e. The highest BCUT2D eigenvalue weighted by Gasteiger charge is 2.28. The molecule has 0 saturated carbocycles. The highest BCUT2D eigenvalue weighted by Crippen LogP contribution is 2.32. The third-order valence-corrected chi connectivity index (χ3v) is 3.58. The number of likely N-dealkylation sites (tertiary alicyclic amines) is 1. The van der Waals surface area contributed by atoms with Gasteiger partial charge in [0.2, 0.25) is 5.91 Å². The van der Waals surface area contributed by atoms with Gasteiger partial charge in [0.05, 0.1) is 13.2 Å². The van der Waals surface area contributed by atoms with Gasteiger partial charge in [-0.2, -0.15) is 0 Å². The molecule has 106 valence electrons. The Morgan fingerprint density at radius 3 is 2.70 bits per heavy atom. The van der Waals surface area contributed by atoms with Gasteiger partial charge in [0.15, 0.2) is 0 Å². The monoisotopic (exact) mass is 271 g/mol. The molecule has 1 aliphatic rings. The lowest BCUT2D eigenvalue weighted by atomic mass is 10.0. The van der Waals surface area contributed by atoms with Crippen LogP contribution in [0.3, 0.4) is 0 Å². The quantitative estimate of drug-likeness (QED) is 0.619. The molecule has 2 rings (SSSR count). The fourth-order valence-electron chi connectivity index (χ4n) is 2.55. The molecule has 1 unspecified atom stereocenters. The van der Waals surface area contributed by atoms with Crippen molar-refractivity contribution in [2.75, 3.05) is 13.7 Å². The number of rotatable bonds is 4. The van der Waals surface area contributed by atoms with Crippen LogP contribution in [-0.4, -0.2) is 24.5 Å². The first-order chi connectivity index (χ1) is 9.76. The summed E-state index contributed by atoms with van der Waals surface area (Å²) >= 11 is 0. The normalized spacial score (nSPS) is 19.1. The summed E-state index contributed by atoms with van der Waals surface area (Å²) in [7, 11) is 1.66. The Balaban J connectivity index is 2.11. The number of allylic oxidation sites excluding steroid dienone is 3. The van der Waals surface area contributed by atoms with E-state index in [0.29, 0.717) is 0 Å². The van der Waals surface area contributed by atoms with Crippen LogP contribution in [0.5, 0.6) is 5.75 Å². The summed E-state index contributed by atoms with van der Waals surface area (Å²) < 4.78 is 5.17. The van der Waals surface area contributed by atoms with E-state index in [9.17, 15) is 4.79 Å². The largest absolute Gasteiger partial charge is 0.497 e. The van der Waals surface area contributed by atoms with E-state index in [-0.39, 0.29) is 11.9 Å². The number of hydrogen-bond acceptors (Lipinski definition) is 2. The van der Waals surface area contributed by atoms with Crippen LogP contribution in [0.25, 0.3) is 0 Å². The van der Waals surface area contributed by atoms with Crippen molar-refractivity contribution in [2.24, 2.45) is 0 Å². The van der Waals surface area contributed by atoms with Crippen molar-refractivity contribution in [1.82, 2.24) is 4.90 Å². The lowest BCUT2D eigenvalue weighted by molar-refractivity contribution is -0.126. The molecule has 1 aromatic rings. The molecule has 1 heterocycles. The van der Waals surface area contributed by atoms with E-state index in [4.69, 9.17) is 4.74 Å². The number of carbonyl (C=O) groups excluding carboxylic acids is 1. The van der Waals surface area contributed by atoms with E-state index in [1.807, 2.05) is 48.2 Å². The van der Waals surface area contributed by atoms with E-state index in [1.54, 1.807) is 19.3 Å². The topological polar surface area (TPSA) is 29.5 Å².